The summed E-state index contributed by atoms with van der Waals surface area (Å²) < 4.78 is 0. The quantitative estimate of drug-likeness (QED) is 0.123. The Labute approximate surface area is 327 Å². The van der Waals surface area contributed by atoms with E-state index in [1.807, 2.05) is 0 Å². The van der Waals surface area contributed by atoms with Crippen LogP contribution in [-0.4, -0.2) is 5.43 Å². The molecule has 2 aromatic carbocycles. The molecule has 0 unspecified atom stereocenters. The summed E-state index contributed by atoms with van der Waals surface area (Å²) in [5.41, 5.74) is 14.7. The van der Waals surface area contributed by atoms with Gasteiger partial charge in [-0.15, -0.1) is 58.7 Å². The first-order chi connectivity index (χ1) is 23.5. The second kappa shape index (κ2) is 17.4. The van der Waals surface area contributed by atoms with Crippen LogP contribution in [0.25, 0.3) is 44.5 Å². The molecule has 0 nitrogen and oxygen atoms in total. The molecule has 0 saturated heterocycles. The molecule has 0 amide bonds. The van der Waals surface area contributed by atoms with Gasteiger partial charge in [0.05, 0.1) is 0 Å². The van der Waals surface area contributed by atoms with Gasteiger partial charge in [0.15, 0.2) is 0 Å². The van der Waals surface area contributed by atoms with E-state index in [1.54, 1.807) is 23.3 Å². The van der Waals surface area contributed by atoms with Crippen LogP contribution in [0.5, 0.6) is 0 Å². The standard InChI is InChI=1S/2C22H22Cl.C2H6Si.Zr/c2*1-5-15-12-16-8-6-7-9-18(19(16)13-15)17-10-11-20(21(23)14-17)22(2,3)4;1-3-2;/h2*6-11,13-14H,5H2,1-4H3;1-2H3;/q2*-1;;+2. The summed E-state index contributed by atoms with van der Waals surface area (Å²) in [5, 5.41) is 1.67. The van der Waals surface area contributed by atoms with Crippen LogP contribution in [-0.2, 0) is 47.0 Å². The number of benzene rings is 2. The molecular formula is C46H50Cl2SiZr. The van der Waals surface area contributed by atoms with E-state index in [-0.39, 0.29) is 16.3 Å². The van der Waals surface area contributed by atoms with Crippen LogP contribution in [0.15, 0.2) is 97.1 Å². The third kappa shape index (κ3) is 10.3. The molecule has 0 radical (unpaired) electrons. The Morgan fingerprint density at radius 1 is 0.540 bits per heavy atom. The molecule has 0 spiro atoms. The van der Waals surface area contributed by atoms with E-state index in [4.69, 9.17) is 23.2 Å². The third-order valence-corrected chi connectivity index (χ3v) is 9.23. The average Bonchev–Trinajstić information content (AvgIpc) is 3.51. The molecular weight excluding hydrogens is 743 g/mol. The van der Waals surface area contributed by atoms with E-state index in [9.17, 15) is 0 Å². The molecule has 0 aliphatic heterocycles. The number of rotatable bonds is 4. The van der Waals surface area contributed by atoms with Crippen molar-refractivity contribution in [1.82, 2.24) is 0 Å². The predicted octanol–water partition coefficient (Wildman–Crippen LogP) is 14.3. The van der Waals surface area contributed by atoms with Gasteiger partial charge in [-0.2, -0.15) is 23.3 Å². The first kappa shape index (κ1) is 40.3. The predicted molar refractivity (Wildman–Crippen MR) is 218 cm³/mol. The molecule has 6 rings (SSSR count). The third-order valence-electron chi connectivity index (χ3n) is 8.60. The fraction of sp³-hybridized carbons (Fsp3) is 0.304. The first-order valence-electron chi connectivity index (χ1n) is 17.5. The topological polar surface area (TPSA) is 0 Å². The van der Waals surface area contributed by atoms with E-state index in [1.165, 1.54) is 44.5 Å². The summed E-state index contributed by atoms with van der Waals surface area (Å²) >= 11 is 14.9. The molecule has 0 atom stereocenters. The normalized spacial score (nSPS) is 11.5. The van der Waals surface area contributed by atoms with Crippen LogP contribution >= 0.6 is 23.2 Å². The van der Waals surface area contributed by atoms with Gasteiger partial charge in [0.25, 0.3) is 0 Å². The fourth-order valence-electron chi connectivity index (χ4n) is 6.02. The van der Waals surface area contributed by atoms with Gasteiger partial charge in [-0.3, -0.25) is 0 Å². The molecule has 0 saturated carbocycles. The Hall–Kier alpha value is -2.48. The minimum absolute atomic E-state index is 0.0513. The number of hydrogen-bond acceptors (Lipinski definition) is 0. The molecule has 2 aromatic rings. The van der Waals surface area contributed by atoms with Crippen LogP contribution in [0.4, 0.5) is 0 Å². The number of aryl methyl sites for hydroxylation is 2. The van der Waals surface area contributed by atoms with Crippen molar-refractivity contribution in [2.24, 2.45) is 0 Å². The summed E-state index contributed by atoms with van der Waals surface area (Å²) in [6.45, 7) is 22.1. The van der Waals surface area contributed by atoms with Crippen molar-refractivity contribution in [2.75, 3.05) is 0 Å². The molecule has 0 heterocycles. The van der Waals surface area contributed by atoms with Crippen molar-refractivity contribution in [3.05, 3.63) is 141 Å². The van der Waals surface area contributed by atoms with E-state index >= 15 is 0 Å². The maximum atomic E-state index is 6.57. The van der Waals surface area contributed by atoms with Crippen LogP contribution < -0.4 is 0 Å². The van der Waals surface area contributed by atoms with Gasteiger partial charge < -0.3 is 0 Å². The van der Waals surface area contributed by atoms with Crippen molar-refractivity contribution in [3.8, 4) is 44.5 Å². The molecule has 256 valence electrons. The summed E-state index contributed by atoms with van der Waals surface area (Å²) in [6.07, 6.45) is 2.00. The number of fused-ring (bicyclic) bond motifs is 2. The average molecular weight is 793 g/mol. The van der Waals surface area contributed by atoms with Gasteiger partial charge >= 0.3 is 41.9 Å². The molecule has 0 N–H and O–H groups in total. The molecule has 4 aliphatic carbocycles. The Kier molecular flexibility index (Phi) is 14.0. The van der Waals surface area contributed by atoms with Gasteiger partial charge in [-0.1, -0.05) is 138 Å². The van der Waals surface area contributed by atoms with Gasteiger partial charge in [0.1, 0.15) is 0 Å². The first-order valence-corrected chi connectivity index (χ1v) is 24.5. The van der Waals surface area contributed by atoms with E-state index in [2.05, 4.69) is 178 Å². The van der Waals surface area contributed by atoms with Crippen LogP contribution in [0.1, 0.15) is 77.6 Å². The Morgan fingerprint density at radius 2 is 0.880 bits per heavy atom. The number of halogens is 2. The van der Waals surface area contributed by atoms with Crippen molar-refractivity contribution in [1.29, 1.82) is 0 Å². The second-order valence-electron chi connectivity index (χ2n) is 15.1. The maximum absolute atomic E-state index is 6.57. The summed E-state index contributed by atoms with van der Waals surface area (Å²) in [6, 6.07) is 41.2. The Balaban J connectivity index is 0.000000203. The summed E-state index contributed by atoms with van der Waals surface area (Å²) in [4.78, 5) is 0. The van der Waals surface area contributed by atoms with Gasteiger partial charge in [-0.25, -0.2) is 0 Å². The zero-order chi connectivity index (χ0) is 36.8. The summed E-state index contributed by atoms with van der Waals surface area (Å²) in [7, 11) is 0. The van der Waals surface area contributed by atoms with Gasteiger partial charge in [-0.05, 0) is 58.1 Å². The SMILES string of the molecule is CCc1[c-]c2ccccc(-c3ccc(C(C)(C)C)c(Cl)c3)c-2c1.CCc1[c-]c2ccccc(-c3ccc(C(C)(C)C)c(Cl)c3)c-2c1.C[Si](C)=[Zr+2]. The zero-order valence-corrected chi connectivity index (χ0v) is 36.4. The van der Waals surface area contributed by atoms with Crippen LogP contribution in [0.2, 0.25) is 23.1 Å². The van der Waals surface area contributed by atoms with Crippen LogP contribution in [0.3, 0.4) is 0 Å². The van der Waals surface area contributed by atoms with E-state index in [0.29, 0.717) is 0 Å². The minimum atomic E-state index is 0.0513. The van der Waals surface area contributed by atoms with Crippen LogP contribution in [0, 0.1) is 12.1 Å². The van der Waals surface area contributed by atoms with Gasteiger partial charge in [0, 0.05) is 10.0 Å². The molecule has 4 aliphatic rings. The van der Waals surface area contributed by atoms with E-state index < -0.39 is 0 Å². The molecule has 50 heavy (non-hydrogen) atoms. The Bertz CT molecular complexity index is 1870. The molecule has 4 heteroatoms. The monoisotopic (exact) mass is 790 g/mol. The second-order valence-corrected chi connectivity index (χ2v) is 25.3. The van der Waals surface area contributed by atoms with Crippen molar-refractivity contribution in [3.63, 3.8) is 0 Å². The Morgan fingerprint density at radius 3 is 1.18 bits per heavy atom. The molecule has 0 aromatic heterocycles. The fourth-order valence-corrected chi connectivity index (χ4v) is 6.95. The number of hydrogen-bond donors (Lipinski definition) is 0. The van der Waals surface area contributed by atoms with Gasteiger partial charge in [0.2, 0.25) is 0 Å². The molecule has 0 bridgehead atoms. The van der Waals surface area contributed by atoms with Crippen molar-refractivity contribution >= 4 is 28.6 Å². The molecule has 0 fully saturated rings. The zero-order valence-electron chi connectivity index (χ0n) is 31.4. The van der Waals surface area contributed by atoms with Crippen molar-refractivity contribution in [2.45, 2.75) is 92.2 Å². The van der Waals surface area contributed by atoms with E-state index in [0.717, 1.165) is 45.1 Å². The summed E-state index contributed by atoms with van der Waals surface area (Å²) in [5.74, 6) is 0. The van der Waals surface area contributed by atoms with Crippen molar-refractivity contribution < 1.29 is 23.3 Å².